The lowest BCUT2D eigenvalue weighted by atomic mass is 10.3. The topological polar surface area (TPSA) is 72.1 Å². The minimum atomic E-state index is -0.381. The van der Waals surface area contributed by atoms with E-state index in [-0.39, 0.29) is 23.9 Å². The van der Waals surface area contributed by atoms with Gasteiger partial charge in [-0.3, -0.25) is 9.59 Å². The molecule has 0 spiro atoms. The number of imidazole rings is 1. The summed E-state index contributed by atoms with van der Waals surface area (Å²) < 4.78 is 4.47. The molecular formula is C12H12N2O3S. The highest BCUT2D eigenvalue weighted by Gasteiger charge is 2.11. The molecule has 18 heavy (non-hydrogen) atoms. The highest BCUT2D eigenvalue weighted by Crippen LogP contribution is 2.21. The number of nitrogens with zero attached hydrogens (tertiary/aromatic N) is 1. The summed E-state index contributed by atoms with van der Waals surface area (Å²) >= 11 is 1.01. The van der Waals surface area contributed by atoms with Crippen molar-refractivity contribution < 1.29 is 14.3 Å². The van der Waals surface area contributed by atoms with Crippen LogP contribution in [0, 0.1) is 0 Å². The van der Waals surface area contributed by atoms with Crippen molar-refractivity contribution in [2.45, 2.75) is 18.0 Å². The van der Waals surface area contributed by atoms with Crippen molar-refractivity contribution in [3.05, 3.63) is 24.3 Å². The number of hydrogen-bond donors (Lipinski definition) is 1. The van der Waals surface area contributed by atoms with E-state index in [9.17, 15) is 9.59 Å². The number of nitrogens with one attached hydrogen (secondary N) is 1. The Morgan fingerprint density at radius 1 is 1.33 bits per heavy atom. The molecule has 1 aromatic carbocycles. The van der Waals surface area contributed by atoms with Gasteiger partial charge in [-0.2, -0.15) is 0 Å². The minimum absolute atomic E-state index is 0.0998. The molecule has 0 aliphatic rings. The van der Waals surface area contributed by atoms with Crippen molar-refractivity contribution in [1.29, 1.82) is 0 Å². The number of thioether (sulfide) groups is 1. The molecule has 0 unspecified atom stereocenters. The van der Waals surface area contributed by atoms with Gasteiger partial charge in [-0.05, 0) is 23.9 Å². The van der Waals surface area contributed by atoms with Gasteiger partial charge in [0.2, 0.25) is 0 Å². The number of ether oxygens (including phenoxy) is 1. The summed E-state index contributed by atoms with van der Waals surface area (Å²) in [6, 6.07) is 7.55. The van der Waals surface area contributed by atoms with Crippen LogP contribution in [0.1, 0.15) is 12.8 Å². The highest BCUT2D eigenvalue weighted by atomic mass is 32.2. The number of fused-ring (bicyclic) bond motifs is 1. The first-order valence-electron chi connectivity index (χ1n) is 5.41. The van der Waals surface area contributed by atoms with Crippen molar-refractivity contribution >= 4 is 33.9 Å². The Bertz CT molecular complexity index is 546. The SMILES string of the molecule is COC(=O)CCC(=O)Sc1nc2ccccc2[nH]1. The summed E-state index contributed by atoms with van der Waals surface area (Å²) in [5.41, 5.74) is 1.71. The molecular weight excluding hydrogens is 252 g/mol. The smallest absolute Gasteiger partial charge is 0.305 e. The lowest BCUT2D eigenvalue weighted by Gasteiger charge is -1.97. The summed E-state index contributed by atoms with van der Waals surface area (Å²) in [5, 5.41) is 0.436. The van der Waals surface area contributed by atoms with Gasteiger partial charge >= 0.3 is 5.97 Å². The molecule has 0 radical (unpaired) electrons. The first kappa shape index (κ1) is 12.6. The van der Waals surface area contributed by atoms with Crippen LogP contribution < -0.4 is 0 Å². The van der Waals surface area contributed by atoms with E-state index in [1.54, 1.807) is 0 Å². The summed E-state index contributed by atoms with van der Waals surface area (Å²) in [4.78, 5) is 29.8. The van der Waals surface area contributed by atoms with Gasteiger partial charge < -0.3 is 9.72 Å². The molecule has 0 amide bonds. The van der Waals surface area contributed by atoms with Gasteiger partial charge in [0.05, 0.1) is 24.6 Å². The van der Waals surface area contributed by atoms with Crippen molar-refractivity contribution in [3.8, 4) is 0 Å². The van der Waals surface area contributed by atoms with E-state index in [0.29, 0.717) is 5.16 Å². The second kappa shape index (κ2) is 5.68. The van der Waals surface area contributed by atoms with Crippen molar-refractivity contribution in [2.75, 3.05) is 7.11 Å². The fourth-order valence-corrected chi connectivity index (χ4v) is 2.17. The largest absolute Gasteiger partial charge is 0.469 e. The standard InChI is InChI=1S/C12H12N2O3S/c1-17-10(15)6-7-11(16)18-12-13-8-4-2-3-5-9(8)14-12/h2-5H,6-7H2,1H3,(H,13,14). The van der Waals surface area contributed by atoms with E-state index in [1.807, 2.05) is 24.3 Å². The average Bonchev–Trinajstić information content (AvgIpc) is 2.77. The van der Waals surface area contributed by atoms with Crippen LogP contribution in [0.25, 0.3) is 11.0 Å². The van der Waals surface area contributed by atoms with E-state index in [1.165, 1.54) is 7.11 Å². The van der Waals surface area contributed by atoms with Gasteiger partial charge in [0.25, 0.3) is 0 Å². The first-order chi connectivity index (χ1) is 8.69. The Balaban J connectivity index is 1.96. The quantitative estimate of drug-likeness (QED) is 0.676. The molecule has 0 atom stereocenters. The number of aromatic amines is 1. The zero-order valence-electron chi connectivity index (χ0n) is 9.80. The van der Waals surface area contributed by atoms with Crippen LogP contribution in [0.3, 0.4) is 0 Å². The number of benzene rings is 1. The number of H-pyrrole nitrogens is 1. The fraction of sp³-hybridized carbons (Fsp3) is 0.250. The van der Waals surface area contributed by atoms with Crippen molar-refractivity contribution in [3.63, 3.8) is 0 Å². The summed E-state index contributed by atoms with van der Waals surface area (Å²) in [6.45, 7) is 0. The Hall–Kier alpha value is -1.82. The Morgan fingerprint density at radius 3 is 2.83 bits per heavy atom. The number of rotatable bonds is 4. The minimum Gasteiger partial charge on any atom is -0.469 e. The van der Waals surface area contributed by atoms with Gasteiger partial charge in [-0.15, -0.1) is 0 Å². The summed E-state index contributed by atoms with van der Waals surface area (Å²) in [6.07, 6.45) is 0.247. The molecule has 2 rings (SSSR count). The zero-order chi connectivity index (χ0) is 13.0. The Morgan fingerprint density at radius 2 is 2.11 bits per heavy atom. The average molecular weight is 264 g/mol. The molecule has 0 bridgehead atoms. The van der Waals surface area contributed by atoms with E-state index in [2.05, 4.69) is 14.7 Å². The predicted molar refractivity (Wildman–Crippen MR) is 68.2 cm³/mol. The molecule has 0 fully saturated rings. The molecule has 1 N–H and O–H groups in total. The lowest BCUT2D eigenvalue weighted by molar-refractivity contribution is -0.141. The van der Waals surface area contributed by atoms with Gasteiger partial charge in [0.1, 0.15) is 0 Å². The third-order valence-electron chi connectivity index (χ3n) is 2.34. The predicted octanol–water partition coefficient (Wildman–Crippen LogP) is 2.13. The number of carbonyl (C=O) groups is 2. The van der Waals surface area contributed by atoms with E-state index in [0.717, 1.165) is 22.8 Å². The lowest BCUT2D eigenvalue weighted by Crippen LogP contribution is -2.03. The third kappa shape index (κ3) is 3.10. The summed E-state index contributed by atoms with van der Waals surface area (Å²) in [5.74, 6) is -0.381. The van der Waals surface area contributed by atoms with Crippen LogP contribution in [0.4, 0.5) is 0 Å². The maximum Gasteiger partial charge on any atom is 0.305 e. The van der Waals surface area contributed by atoms with Crippen molar-refractivity contribution in [2.24, 2.45) is 0 Å². The van der Waals surface area contributed by atoms with Gasteiger partial charge in [0.15, 0.2) is 10.3 Å². The number of carbonyl (C=O) groups excluding carboxylic acids is 2. The van der Waals surface area contributed by atoms with Crippen molar-refractivity contribution in [1.82, 2.24) is 9.97 Å². The maximum atomic E-state index is 11.6. The van der Waals surface area contributed by atoms with E-state index in [4.69, 9.17) is 0 Å². The Kier molecular flexibility index (Phi) is 3.99. The third-order valence-corrected chi connectivity index (χ3v) is 3.16. The molecule has 0 saturated carbocycles. The normalized spacial score (nSPS) is 10.5. The van der Waals surface area contributed by atoms with E-state index < -0.39 is 0 Å². The van der Waals surface area contributed by atoms with Crippen LogP contribution in [-0.4, -0.2) is 28.2 Å². The molecule has 1 aromatic heterocycles. The van der Waals surface area contributed by atoms with Crippen LogP contribution in [0.2, 0.25) is 0 Å². The van der Waals surface area contributed by atoms with Crippen LogP contribution in [0.15, 0.2) is 29.4 Å². The fourth-order valence-electron chi connectivity index (χ4n) is 1.44. The first-order valence-corrected chi connectivity index (χ1v) is 6.23. The number of para-hydroxylation sites is 2. The number of methoxy groups -OCH3 is 1. The van der Waals surface area contributed by atoms with Crippen LogP contribution in [0.5, 0.6) is 0 Å². The number of aromatic nitrogens is 2. The van der Waals surface area contributed by atoms with Gasteiger partial charge in [-0.1, -0.05) is 12.1 Å². The number of esters is 1. The molecule has 0 aliphatic carbocycles. The monoisotopic (exact) mass is 264 g/mol. The molecule has 5 nitrogen and oxygen atoms in total. The molecule has 6 heteroatoms. The molecule has 94 valence electrons. The second-order valence-corrected chi connectivity index (χ2v) is 4.66. The summed E-state index contributed by atoms with van der Waals surface area (Å²) in [7, 11) is 1.30. The molecule has 2 aromatic rings. The Labute approximate surface area is 108 Å². The molecule has 0 aliphatic heterocycles. The molecule has 1 heterocycles. The highest BCUT2D eigenvalue weighted by molar-refractivity contribution is 8.13. The van der Waals surface area contributed by atoms with Crippen LogP contribution >= 0.6 is 11.8 Å². The van der Waals surface area contributed by atoms with Crippen LogP contribution in [-0.2, 0) is 14.3 Å². The molecule has 0 saturated heterocycles. The van der Waals surface area contributed by atoms with Gasteiger partial charge in [0, 0.05) is 6.42 Å². The maximum absolute atomic E-state index is 11.6. The van der Waals surface area contributed by atoms with Gasteiger partial charge in [-0.25, -0.2) is 4.98 Å². The second-order valence-electron chi connectivity index (χ2n) is 3.61. The zero-order valence-corrected chi connectivity index (χ0v) is 10.6. The van der Waals surface area contributed by atoms with E-state index >= 15 is 0 Å². The number of hydrogen-bond acceptors (Lipinski definition) is 5.